The fourth-order valence-corrected chi connectivity index (χ4v) is 11.2. The molecule has 0 spiro atoms. The Kier molecular flexibility index (Phi) is 63.9. The second-order valence-corrected chi connectivity index (χ2v) is 27.0. The van der Waals surface area contributed by atoms with Crippen LogP contribution in [0.3, 0.4) is 0 Å². The number of carbonyl (C=O) groups is 2. The summed E-state index contributed by atoms with van der Waals surface area (Å²) in [5, 5.41) is 0. The van der Waals surface area contributed by atoms with Crippen LogP contribution in [-0.2, 0) is 32.7 Å². The van der Waals surface area contributed by atoms with Crippen LogP contribution in [0.1, 0.15) is 341 Å². The van der Waals surface area contributed by atoms with Gasteiger partial charge < -0.3 is 27.9 Å². The van der Waals surface area contributed by atoms with E-state index in [4.69, 9.17) is 18.5 Å². The Morgan fingerprint density at radius 3 is 1.00 bits per heavy atom. The summed E-state index contributed by atoms with van der Waals surface area (Å²) in [6.07, 6.45) is 88.5. The third-order valence-corrected chi connectivity index (χ3v) is 17.0. The monoisotopic (exact) mass is 1210 g/mol. The van der Waals surface area contributed by atoms with E-state index in [2.05, 4.69) is 86.8 Å². The Hall–Kier alpha value is -2.55. The van der Waals surface area contributed by atoms with Crippen LogP contribution in [0.15, 0.2) is 72.9 Å². The molecule has 0 aliphatic rings. The quantitative estimate of drug-likeness (QED) is 0.0195. The van der Waals surface area contributed by atoms with Gasteiger partial charge in [0.15, 0.2) is 6.10 Å². The lowest BCUT2D eigenvalue weighted by Gasteiger charge is -2.28. The number of hydrogen-bond acceptors (Lipinski definition) is 8. The van der Waals surface area contributed by atoms with E-state index in [1.807, 2.05) is 21.1 Å². The highest BCUT2D eigenvalue weighted by molar-refractivity contribution is 7.45. The van der Waals surface area contributed by atoms with Gasteiger partial charge >= 0.3 is 11.9 Å². The predicted octanol–water partition coefficient (Wildman–Crippen LogP) is 22.9. The molecule has 496 valence electrons. The van der Waals surface area contributed by atoms with Crippen LogP contribution in [-0.4, -0.2) is 70.0 Å². The molecule has 10 heteroatoms. The minimum Gasteiger partial charge on any atom is -0.756 e. The zero-order chi connectivity index (χ0) is 61.9. The molecule has 0 aromatic heterocycles. The molecule has 9 nitrogen and oxygen atoms in total. The van der Waals surface area contributed by atoms with Crippen molar-refractivity contribution in [3.63, 3.8) is 0 Å². The van der Waals surface area contributed by atoms with Gasteiger partial charge in [0.1, 0.15) is 19.8 Å². The Labute approximate surface area is 527 Å². The second kappa shape index (κ2) is 65.9. The highest BCUT2D eigenvalue weighted by atomic mass is 31.2. The Morgan fingerprint density at radius 1 is 0.376 bits per heavy atom. The van der Waals surface area contributed by atoms with E-state index in [0.29, 0.717) is 17.4 Å². The third-order valence-electron chi connectivity index (χ3n) is 16.0. The van der Waals surface area contributed by atoms with Crippen molar-refractivity contribution in [1.29, 1.82) is 0 Å². The second-order valence-electron chi connectivity index (χ2n) is 25.6. The summed E-state index contributed by atoms with van der Waals surface area (Å²) in [5.74, 6) is -0.814. The van der Waals surface area contributed by atoms with Crippen molar-refractivity contribution < 1.29 is 42.1 Å². The lowest BCUT2D eigenvalue weighted by Crippen LogP contribution is -2.37. The van der Waals surface area contributed by atoms with Crippen molar-refractivity contribution in [2.45, 2.75) is 347 Å². The number of ether oxygens (including phenoxy) is 2. The van der Waals surface area contributed by atoms with Crippen molar-refractivity contribution in [3.05, 3.63) is 72.9 Å². The van der Waals surface area contributed by atoms with Crippen LogP contribution in [0.2, 0.25) is 0 Å². The summed E-state index contributed by atoms with van der Waals surface area (Å²) in [7, 11) is 1.18. The van der Waals surface area contributed by atoms with Gasteiger partial charge in [0.25, 0.3) is 7.82 Å². The molecule has 0 fully saturated rings. The third kappa shape index (κ3) is 70.4. The summed E-state index contributed by atoms with van der Waals surface area (Å²) >= 11 is 0. The molecule has 85 heavy (non-hydrogen) atoms. The molecule has 0 aliphatic heterocycles. The van der Waals surface area contributed by atoms with Gasteiger partial charge in [0.2, 0.25) is 0 Å². The summed E-state index contributed by atoms with van der Waals surface area (Å²) in [6, 6.07) is 0. The van der Waals surface area contributed by atoms with Gasteiger partial charge in [0.05, 0.1) is 27.7 Å². The number of nitrogens with zero attached hydrogens (tertiary/aromatic N) is 1. The normalized spacial score (nSPS) is 13.5. The molecule has 0 radical (unpaired) electrons. The maximum atomic E-state index is 12.9. The van der Waals surface area contributed by atoms with E-state index in [1.165, 1.54) is 231 Å². The van der Waals surface area contributed by atoms with Crippen molar-refractivity contribution in [3.8, 4) is 0 Å². The Balaban J connectivity index is 3.95. The van der Waals surface area contributed by atoms with Crippen molar-refractivity contribution >= 4 is 19.8 Å². The predicted molar refractivity (Wildman–Crippen MR) is 365 cm³/mol. The number of phosphoric acid groups is 1. The number of likely N-dealkylation sites (N-methyl/N-ethyl adjacent to an activating group) is 1. The molecular weight excluding hydrogens is 1070 g/mol. The van der Waals surface area contributed by atoms with E-state index < -0.39 is 26.5 Å². The topological polar surface area (TPSA) is 111 Å². The smallest absolute Gasteiger partial charge is 0.306 e. The number of esters is 2. The maximum Gasteiger partial charge on any atom is 0.306 e. The molecular formula is C75H138NO8P. The number of hydrogen-bond donors (Lipinski definition) is 0. The molecule has 0 aromatic carbocycles. The summed E-state index contributed by atoms with van der Waals surface area (Å²) in [4.78, 5) is 38.1. The number of allylic oxidation sites excluding steroid dienone is 12. The minimum absolute atomic E-state index is 0.0289. The van der Waals surface area contributed by atoms with Gasteiger partial charge in [-0.15, -0.1) is 0 Å². The molecule has 0 saturated carbocycles. The Bertz CT molecular complexity index is 1660. The SMILES string of the molecule is CC/C=C\C/C=C\C/C=C\C/C=C\C/C=C\C/C=C\CCCCCCCCCCCCCCCCCCCCCCC(=O)OC(COC(=O)CCCCCCCCCCCCCCCCCCCCCCCC)COP(=O)([O-])OCC[N+](C)(C)C. The lowest BCUT2D eigenvalue weighted by atomic mass is 10.0. The van der Waals surface area contributed by atoms with Gasteiger partial charge in [0, 0.05) is 12.8 Å². The van der Waals surface area contributed by atoms with Crippen LogP contribution < -0.4 is 4.89 Å². The van der Waals surface area contributed by atoms with Gasteiger partial charge in [-0.3, -0.25) is 14.2 Å². The fraction of sp³-hybridized carbons (Fsp3) is 0.813. The Morgan fingerprint density at radius 2 is 0.671 bits per heavy atom. The zero-order valence-corrected chi connectivity index (χ0v) is 57.5. The number of carbonyl (C=O) groups excluding carboxylic acids is 2. The summed E-state index contributed by atoms with van der Waals surface area (Å²) < 4.78 is 34.3. The van der Waals surface area contributed by atoms with Crippen LogP contribution in [0.5, 0.6) is 0 Å². The molecule has 0 rings (SSSR count). The van der Waals surface area contributed by atoms with Gasteiger partial charge in [-0.1, -0.05) is 337 Å². The highest BCUT2D eigenvalue weighted by Crippen LogP contribution is 2.38. The van der Waals surface area contributed by atoms with E-state index in [0.717, 1.165) is 77.0 Å². The number of unbranched alkanes of at least 4 members (excludes halogenated alkanes) is 41. The first-order chi connectivity index (χ1) is 41.5. The molecule has 0 aromatic rings. The van der Waals surface area contributed by atoms with E-state index in [9.17, 15) is 19.0 Å². The van der Waals surface area contributed by atoms with Crippen LogP contribution >= 0.6 is 7.82 Å². The summed E-state index contributed by atoms with van der Waals surface area (Å²) in [6.45, 7) is 4.19. The zero-order valence-electron chi connectivity index (χ0n) is 56.6. The minimum atomic E-state index is -4.64. The molecule has 0 bridgehead atoms. The van der Waals surface area contributed by atoms with Gasteiger partial charge in [-0.2, -0.15) is 0 Å². The van der Waals surface area contributed by atoms with Crippen LogP contribution in [0.4, 0.5) is 0 Å². The molecule has 0 heterocycles. The lowest BCUT2D eigenvalue weighted by molar-refractivity contribution is -0.870. The number of rotatable bonds is 67. The van der Waals surface area contributed by atoms with Crippen molar-refractivity contribution in [2.24, 2.45) is 0 Å². The molecule has 2 unspecified atom stereocenters. The number of quaternary nitrogens is 1. The highest BCUT2D eigenvalue weighted by Gasteiger charge is 2.22. The molecule has 0 N–H and O–H groups in total. The molecule has 2 atom stereocenters. The van der Waals surface area contributed by atoms with E-state index in [-0.39, 0.29) is 32.0 Å². The van der Waals surface area contributed by atoms with Crippen LogP contribution in [0.25, 0.3) is 0 Å². The average molecular weight is 1210 g/mol. The largest absolute Gasteiger partial charge is 0.756 e. The number of phosphoric ester groups is 1. The van der Waals surface area contributed by atoms with Crippen molar-refractivity contribution in [1.82, 2.24) is 0 Å². The van der Waals surface area contributed by atoms with E-state index in [1.54, 1.807) is 0 Å². The fourth-order valence-electron chi connectivity index (χ4n) is 10.5. The average Bonchev–Trinajstić information content (AvgIpc) is 3.50. The summed E-state index contributed by atoms with van der Waals surface area (Å²) in [5.41, 5.74) is 0. The van der Waals surface area contributed by atoms with Crippen molar-refractivity contribution in [2.75, 3.05) is 47.5 Å². The van der Waals surface area contributed by atoms with Gasteiger partial charge in [-0.05, 0) is 64.2 Å². The molecule has 0 amide bonds. The standard InChI is InChI=1S/C75H138NO8P/c1-6-8-10-12-14-16-18-20-22-24-26-28-30-31-32-33-34-35-36-37-38-39-40-41-42-43-44-45-46-48-50-52-54-56-58-60-62-64-66-68-75(78)84-73(72-83-85(79,80)82-70-69-76(3,4)5)71-81-74(77)67-65-63-61-59-57-55-53-51-49-47-29-27-25-23-21-19-17-15-13-11-9-7-2/h8,10,14,16,20,22,26,28,31-32,34-35,73H,6-7,9,11-13,15,17-19,21,23-25,27,29-30,33,36-72H2,1-5H3/b10-8-,16-14-,22-20-,28-26-,32-31-,35-34-. The van der Waals surface area contributed by atoms with E-state index >= 15 is 0 Å². The maximum absolute atomic E-state index is 12.9. The van der Waals surface area contributed by atoms with Crippen LogP contribution in [0, 0.1) is 0 Å². The molecule has 0 saturated heterocycles. The first-order valence-electron chi connectivity index (χ1n) is 36.1. The molecule has 0 aliphatic carbocycles. The first kappa shape index (κ1) is 82.5. The van der Waals surface area contributed by atoms with Gasteiger partial charge in [-0.25, -0.2) is 0 Å². The first-order valence-corrected chi connectivity index (χ1v) is 37.6.